The van der Waals surface area contributed by atoms with Gasteiger partial charge in [-0.05, 0) is 37.6 Å². The lowest BCUT2D eigenvalue weighted by Crippen LogP contribution is -2.03. The van der Waals surface area contributed by atoms with Gasteiger partial charge in [-0.2, -0.15) is 0 Å². The summed E-state index contributed by atoms with van der Waals surface area (Å²) in [6.07, 6.45) is 0. The van der Waals surface area contributed by atoms with E-state index >= 15 is 0 Å². The summed E-state index contributed by atoms with van der Waals surface area (Å²) < 4.78 is 7.50. The molecule has 0 unspecified atom stereocenters. The van der Waals surface area contributed by atoms with E-state index in [1.165, 1.54) is 28.3 Å². The molecule has 0 spiro atoms. The molecule has 114 valence electrons. The molecule has 0 atom stereocenters. The zero-order chi connectivity index (χ0) is 15.7. The summed E-state index contributed by atoms with van der Waals surface area (Å²) in [5.41, 5.74) is 11.5. The van der Waals surface area contributed by atoms with Crippen LogP contribution in [0.15, 0.2) is 35.7 Å². The Balaban J connectivity index is 1.92. The molecule has 0 aliphatic heterocycles. The van der Waals surface area contributed by atoms with Gasteiger partial charge in [0.2, 0.25) is 0 Å². The Hall–Kier alpha value is -2.27. The predicted molar refractivity (Wildman–Crippen MR) is 91.5 cm³/mol. The molecule has 0 saturated carbocycles. The highest BCUT2D eigenvalue weighted by Crippen LogP contribution is 2.29. The van der Waals surface area contributed by atoms with Crippen LogP contribution >= 0.6 is 11.3 Å². The fourth-order valence-corrected chi connectivity index (χ4v) is 3.19. The van der Waals surface area contributed by atoms with Crippen LogP contribution in [0.2, 0.25) is 0 Å². The summed E-state index contributed by atoms with van der Waals surface area (Å²) in [6.45, 7) is 5.08. The molecular formula is C17H19N3OS. The largest absolute Gasteiger partial charge is 0.497 e. The summed E-state index contributed by atoms with van der Waals surface area (Å²) in [5.74, 6) is 0.878. The minimum Gasteiger partial charge on any atom is -0.497 e. The molecule has 0 aliphatic rings. The maximum Gasteiger partial charge on any atom is 0.180 e. The van der Waals surface area contributed by atoms with Gasteiger partial charge < -0.3 is 15.0 Å². The molecule has 0 fully saturated rings. The minimum atomic E-state index is 0.606. The Morgan fingerprint density at radius 1 is 1.23 bits per heavy atom. The second-order valence-corrected chi connectivity index (χ2v) is 6.18. The second-order valence-electron chi connectivity index (χ2n) is 5.29. The number of ether oxygens (including phenoxy) is 1. The average molecular weight is 313 g/mol. The monoisotopic (exact) mass is 313 g/mol. The highest BCUT2D eigenvalue weighted by molar-refractivity contribution is 7.13. The minimum absolute atomic E-state index is 0.606. The molecule has 2 aromatic heterocycles. The van der Waals surface area contributed by atoms with Crippen LogP contribution < -0.4 is 10.5 Å². The third-order valence-corrected chi connectivity index (χ3v) is 4.55. The molecule has 0 amide bonds. The number of hydrogen-bond acceptors (Lipinski definition) is 4. The fourth-order valence-electron chi connectivity index (χ4n) is 2.63. The number of anilines is 1. The number of nitrogen functional groups attached to an aromatic ring is 1. The second kappa shape index (κ2) is 5.85. The first kappa shape index (κ1) is 14.7. The number of hydrogen-bond donors (Lipinski definition) is 1. The molecule has 2 N–H and O–H groups in total. The number of rotatable bonds is 4. The first-order chi connectivity index (χ1) is 10.6. The Kier molecular flexibility index (Phi) is 3.90. The quantitative estimate of drug-likeness (QED) is 0.795. The van der Waals surface area contributed by atoms with E-state index in [4.69, 9.17) is 10.5 Å². The van der Waals surface area contributed by atoms with Gasteiger partial charge in [-0.15, -0.1) is 11.3 Å². The zero-order valence-electron chi connectivity index (χ0n) is 13.0. The molecule has 1 aromatic carbocycles. The fraction of sp³-hybridized carbons (Fsp3) is 0.235. The van der Waals surface area contributed by atoms with Crippen molar-refractivity contribution in [3.63, 3.8) is 0 Å². The summed E-state index contributed by atoms with van der Waals surface area (Å²) in [4.78, 5) is 4.39. The molecule has 4 nitrogen and oxygen atoms in total. The van der Waals surface area contributed by atoms with E-state index in [1.807, 2.05) is 17.5 Å². The third kappa shape index (κ3) is 2.72. The molecule has 0 saturated heterocycles. The van der Waals surface area contributed by atoms with E-state index in [0.717, 1.165) is 23.6 Å². The van der Waals surface area contributed by atoms with Gasteiger partial charge >= 0.3 is 0 Å². The number of nitrogens with zero attached hydrogens (tertiary/aromatic N) is 2. The number of nitrogens with two attached hydrogens (primary N) is 1. The molecular weight excluding hydrogens is 294 g/mol. The van der Waals surface area contributed by atoms with Crippen molar-refractivity contribution in [1.82, 2.24) is 9.55 Å². The molecule has 2 heterocycles. The van der Waals surface area contributed by atoms with Gasteiger partial charge in [-0.25, -0.2) is 4.98 Å². The lowest BCUT2D eigenvalue weighted by Gasteiger charge is -2.10. The van der Waals surface area contributed by atoms with Gasteiger partial charge in [0.05, 0.1) is 12.8 Å². The van der Waals surface area contributed by atoms with E-state index in [2.05, 4.69) is 41.6 Å². The number of thiazole rings is 1. The van der Waals surface area contributed by atoms with Crippen molar-refractivity contribution in [2.75, 3.05) is 12.8 Å². The number of aryl methyl sites for hydroxylation is 1. The van der Waals surface area contributed by atoms with E-state index in [9.17, 15) is 0 Å². The highest BCUT2D eigenvalue weighted by Gasteiger charge is 2.13. The van der Waals surface area contributed by atoms with Crippen LogP contribution in [0.5, 0.6) is 5.75 Å². The Labute approximate surface area is 134 Å². The zero-order valence-corrected chi connectivity index (χ0v) is 13.8. The summed E-state index contributed by atoms with van der Waals surface area (Å²) >= 11 is 1.47. The lowest BCUT2D eigenvalue weighted by atomic mass is 10.2. The van der Waals surface area contributed by atoms with Gasteiger partial charge in [0, 0.05) is 28.9 Å². The van der Waals surface area contributed by atoms with Crippen molar-refractivity contribution < 1.29 is 4.74 Å². The maximum atomic E-state index is 5.75. The van der Waals surface area contributed by atoms with Crippen molar-refractivity contribution in [3.8, 4) is 17.0 Å². The first-order valence-corrected chi connectivity index (χ1v) is 7.97. The number of methoxy groups -OCH3 is 1. The van der Waals surface area contributed by atoms with Crippen LogP contribution in [0.1, 0.15) is 17.0 Å². The van der Waals surface area contributed by atoms with E-state index in [0.29, 0.717) is 5.13 Å². The van der Waals surface area contributed by atoms with Crippen LogP contribution in [-0.4, -0.2) is 16.7 Å². The van der Waals surface area contributed by atoms with Crippen LogP contribution in [-0.2, 0) is 6.54 Å². The predicted octanol–water partition coefficient (Wildman–Crippen LogP) is 3.87. The summed E-state index contributed by atoms with van der Waals surface area (Å²) in [5, 5.41) is 2.62. The molecule has 3 rings (SSSR count). The van der Waals surface area contributed by atoms with E-state index < -0.39 is 0 Å². The first-order valence-electron chi connectivity index (χ1n) is 7.09. The van der Waals surface area contributed by atoms with Gasteiger partial charge in [0.25, 0.3) is 0 Å². The van der Waals surface area contributed by atoms with Crippen LogP contribution in [0.3, 0.4) is 0 Å². The van der Waals surface area contributed by atoms with Gasteiger partial charge in [0.1, 0.15) is 5.75 Å². The smallest absolute Gasteiger partial charge is 0.180 e. The highest BCUT2D eigenvalue weighted by atomic mass is 32.1. The molecule has 0 bridgehead atoms. The average Bonchev–Trinajstić information content (AvgIpc) is 3.06. The van der Waals surface area contributed by atoms with Gasteiger partial charge in [0.15, 0.2) is 5.13 Å². The SMILES string of the molecule is COc1ccc(Cn2c(C)cc(-c3csc(N)n3)c2C)cc1. The Bertz CT molecular complexity index is 787. The molecule has 0 radical (unpaired) electrons. The molecule has 22 heavy (non-hydrogen) atoms. The van der Waals surface area contributed by atoms with Crippen molar-refractivity contribution in [3.05, 3.63) is 52.7 Å². The number of aromatic nitrogens is 2. The summed E-state index contributed by atoms with van der Waals surface area (Å²) in [6, 6.07) is 10.3. The van der Waals surface area contributed by atoms with E-state index in [1.54, 1.807) is 7.11 Å². The van der Waals surface area contributed by atoms with Crippen molar-refractivity contribution >= 4 is 16.5 Å². The Morgan fingerprint density at radius 3 is 2.55 bits per heavy atom. The number of benzene rings is 1. The van der Waals surface area contributed by atoms with Crippen LogP contribution in [0.4, 0.5) is 5.13 Å². The van der Waals surface area contributed by atoms with Crippen LogP contribution in [0.25, 0.3) is 11.3 Å². The molecule has 0 aliphatic carbocycles. The van der Waals surface area contributed by atoms with Gasteiger partial charge in [-0.1, -0.05) is 12.1 Å². The van der Waals surface area contributed by atoms with Crippen molar-refractivity contribution in [2.45, 2.75) is 20.4 Å². The third-order valence-electron chi connectivity index (χ3n) is 3.87. The standard InChI is InChI=1S/C17H19N3OS/c1-11-8-15(16-10-22-17(18)19-16)12(2)20(11)9-13-4-6-14(21-3)7-5-13/h4-8,10H,9H2,1-3H3,(H2,18,19). The normalized spacial score (nSPS) is 10.9. The van der Waals surface area contributed by atoms with Gasteiger partial charge in [-0.3, -0.25) is 0 Å². The molecule has 5 heteroatoms. The van der Waals surface area contributed by atoms with Crippen molar-refractivity contribution in [1.29, 1.82) is 0 Å². The topological polar surface area (TPSA) is 53.1 Å². The maximum absolute atomic E-state index is 5.75. The van der Waals surface area contributed by atoms with Crippen LogP contribution in [0, 0.1) is 13.8 Å². The summed E-state index contributed by atoms with van der Waals surface area (Å²) in [7, 11) is 1.68. The van der Waals surface area contributed by atoms with E-state index in [-0.39, 0.29) is 0 Å². The lowest BCUT2D eigenvalue weighted by molar-refractivity contribution is 0.414. The Morgan fingerprint density at radius 2 is 1.95 bits per heavy atom. The molecule has 3 aromatic rings. The van der Waals surface area contributed by atoms with Crippen molar-refractivity contribution in [2.24, 2.45) is 0 Å².